The van der Waals surface area contributed by atoms with Crippen LogP contribution in [0.15, 0.2) is 66.4 Å². The lowest BCUT2D eigenvalue weighted by atomic mass is 9.97. The minimum absolute atomic E-state index is 0.156. The Balaban J connectivity index is 1.86. The fourth-order valence-electron chi connectivity index (χ4n) is 3.87. The quantitative estimate of drug-likeness (QED) is 0.499. The van der Waals surface area contributed by atoms with Gasteiger partial charge in [-0.2, -0.15) is 0 Å². The fraction of sp³-hybridized carbons (Fsp3) is 0.154. The number of anilines is 2. The summed E-state index contributed by atoms with van der Waals surface area (Å²) in [7, 11) is 3.08. The number of halogens is 1. The average Bonchev–Trinajstić information content (AvgIpc) is 3.03. The van der Waals surface area contributed by atoms with Crippen molar-refractivity contribution in [3.8, 4) is 11.5 Å². The van der Waals surface area contributed by atoms with Crippen molar-refractivity contribution in [2.24, 2.45) is 0 Å². The number of methoxy groups -OCH3 is 2. The molecule has 0 aromatic heterocycles. The van der Waals surface area contributed by atoms with Crippen molar-refractivity contribution in [2.45, 2.75) is 13.8 Å². The molecule has 0 radical (unpaired) electrons. The Morgan fingerprint density at radius 2 is 1.58 bits per heavy atom. The first-order valence-corrected chi connectivity index (χ1v) is 10.7. The van der Waals surface area contributed by atoms with Gasteiger partial charge in [0.15, 0.2) is 0 Å². The van der Waals surface area contributed by atoms with E-state index in [1.165, 1.54) is 7.11 Å². The van der Waals surface area contributed by atoms with E-state index in [4.69, 9.17) is 21.1 Å². The maximum atomic E-state index is 13.6. The summed E-state index contributed by atoms with van der Waals surface area (Å²) in [6, 6.07) is 17.6. The first-order chi connectivity index (χ1) is 15.8. The second-order valence-electron chi connectivity index (χ2n) is 7.68. The van der Waals surface area contributed by atoms with Crippen molar-refractivity contribution in [3.63, 3.8) is 0 Å². The summed E-state index contributed by atoms with van der Waals surface area (Å²) in [4.78, 5) is 28.4. The van der Waals surface area contributed by atoms with Gasteiger partial charge < -0.3 is 14.8 Å². The Hall–Kier alpha value is -3.77. The number of rotatable bonds is 6. The molecule has 1 aliphatic rings. The Kier molecular flexibility index (Phi) is 6.11. The Bertz CT molecular complexity index is 1280. The zero-order valence-corrected chi connectivity index (χ0v) is 19.5. The van der Waals surface area contributed by atoms with Gasteiger partial charge in [-0.15, -0.1) is 0 Å². The molecular formula is C26H23ClN2O4. The highest BCUT2D eigenvalue weighted by Crippen LogP contribution is 2.37. The first-order valence-electron chi connectivity index (χ1n) is 10.3. The van der Waals surface area contributed by atoms with Gasteiger partial charge in [0.1, 0.15) is 17.2 Å². The minimum atomic E-state index is -0.470. The number of hydrogen-bond acceptors (Lipinski definition) is 5. The van der Waals surface area contributed by atoms with Gasteiger partial charge in [0.25, 0.3) is 11.8 Å². The molecule has 7 heteroatoms. The van der Waals surface area contributed by atoms with Crippen LogP contribution in [0, 0.1) is 13.8 Å². The number of carbonyl (C=O) groups excluding carboxylic acids is 2. The average molecular weight is 463 g/mol. The molecule has 33 heavy (non-hydrogen) atoms. The molecular weight excluding hydrogens is 440 g/mol. The topological polar surface area (TPSA) is 67.9 Å². The standard InChI is InChI=1S/C26H23ClN2O4/c1-15-5-11-20(16(2)13-15)23-24(28-21-14-17(27)6-12-22(21)33-4)26(31)29(25(23)30)18-7-9-19(32-3)10-8-18/h5-14,28H,1-4H3. The number of ether oxygens (including phenoxy) is 2. The number of amides is 2. The SMILES string of the molecule is COc1ccc(N2C(=O)C(Nc3cc(Cl)ccc3OC)=C(c3ccc(C)cc3C)C2=O)cc1. The van der Waals surface area contributed by atoms with Gasteiger partial charge in [-0.25, -0.2) is 4.90 Å². The van der Waals surface area contributed by atoms with Crippen molar-refractivity contribution in [1.29, 1.82) is 0 Å². The molecule has 0 aliphatic carbocycles. The molecule has 0 saturated carbocycles. The monoisotopic (exact) mass is 462 g/mol. The van der Waals surface area contributed by atoms with Crippen LogP contribution >= 0.6 is 11.6 Å². The maximum Gasteiger partial charge on any atom is 0.282 e. The van der Waals surface area contributed by atoms with Crippen molar-refractivity contribution >= 4 is 40.4 Å². The van der Waals surface area contributed by atoms with Crippen LogP contribution in [0.1, 0.15) is 16.7 Å². The molecule has 1 N–H and O–H groups in total. The summed E-state index contributed by atoms with van der Waals surface area (Å²) in [6.45, 7) is 3.90. The Morgan fingerprint density at radius 1 is 0.848 bits per heavy atom. The van der Waals surface area contributed by atoms with Crippen LogP contribution in [0.4, 0.5) is 11.4 Å². The number of aryl methyl sites for hydroxylation is 2. The van der Waals surface area contributed by atoms with Crippen LogP contribution in [0.2, 0.25) is 5.02 Å². The lowest BCUT2D eigenvalue weighted by Gasteiger charge is -2.16. The van der Waals surface area contributed by atoms with Gasteiger partial charge >= 0.3 is 0 Å². The van der Waals surface area contributed by atoms with E-state index < -0.39 is 11.8 Å². The first kappa shape index (κ1) is 22.4. The van der Waals surface area contributed by atoms with Gasteiger partial charge in [-0.1, -0.05) is 35.4 Å². The molecule has 1 heterocycles. The molecule has 0 atom stereocenters. The third-order valence-electron chi connectivity index (χ3n) is 5.49. The molecule has 0 saturated heterocycles. The summed E-state index contributed by atoms with van der Waals surface area (Å²) < 4.78 is 10.6. The molecule has 4 rings (SSSR count). The Labute approximate surface area is 197 Å². The maximum absolute atomic E-state index is 13.6. The molecule has 0 unspecified atom stereocenters. The third kappa shape index (κ3) is 4.17. The minimum Gasteiger partial charge on any atom is -0.497 e. The number of carbonyl (C=O) groups is 2. The largest absolute Gasteiger partial charge is 0.497 e. The molecule has 3 aromatic carbocycles. The van der Waals surface area contributed by atoms with Gasteiger partial charge in [0.2, 0.25) is 0 Å². The molecule has 0 fully saturated rings. The number of nitrogens with one attached hydrogen (secondary N) is 1. The summed E-state index contributed by atoms with van der Waals surface area (Å²) >= 11 is 6.19. The van der Waals surface area contributed by atoms with Crippen molar-refractivity contribution < 1.29 is 19.1 Å². The van der Waals surface area contributed by atoms with E-state index in [1.807, 2.05) is 32.0 Å². The van der Waals surface area contributed by atoms with Crippen molar-refractivity contribution in [3.05, 3.63) is 88.1 Å². The summed E-state index contributed by atoms with van der Waals surface area (Å²) in [5.41, 5.74) is 4.01. The normalized spacial score (nSPS) is 13.5. The highest BCUT2D eigenvalue weighted by Gasteiger charge is 2.41. The lowest BCUT2D eigenvalue weighted by Crippen LogP contribution is -2.32. The zero-order chi connectivity index (χ0) is 23.7. The second-order valence-corrected chi connectivity index (χ2v) is 8.12. The highest BCUT2D eigenvalue weighted by molar-refractivity contribution is 6.46. The van der Waals surface area contributed by atoms with Crippen LogP contribution in [0.5, 0.6) is 11.5 Å². The highest BCUT2D eigenvalue weighted by atomic mass is 35.5. The van der Waals surface area contributed by atoms with E-state index in [0.717, 1.165) is 16.0 Å². The smallest absolute Gasteiger partial charge is 0.282 e. The van der Waals surface area contributed by atoms with Gasteiger partial charge in [0.05, 0.1) is 31.2 Å². The molecule has 0 spiro atoms. The summed E-state index contributed by atoms with van der Waals surface area (Å²) in [5, 5.41) is 3.60. The molecule has 2 amide bonds. The summed E-state index contributed by atoms with van der Waals surface area (Å²) in [6.07, 6.45) is 0. The molecule has 3 aromatic rings. The van der Waals surface area contributed by atoms with Crippen LogP contribution in [-0.2, 0) is 9.59 Å². The van der Waals surface area contributed by atoms with Crippen LogP contribution in [-0.4, -0.2) is 26.0 Å². The van der Waals surface area contributed by atoms with Gasteiger partial charge in [-0.05, 0) is 67.4 Å². The Morgan fingerprint density at radius 3 is 2.21 bits per heavy atom. The lowest BCUT2D eigenvalue weighted by molar-refractivity contribution is -0.120. The fourth-order valence-corrected chi connectivity index (χ4v) is 4.04. The van der Waals surface area contributed by atoms with E-state index in [0.29, 0.717) is 33.5 Å². The van der Waals surface area contributed by atoms with E-state index in [1.54, 1.807) is 49.6 Å². The predicted octanol–water partition coefficient (Wildman–Crippen LogP) is 5.37. The summed E-state index contributed by atoms with van der Waals surface area (Å²) in [5.74, 6) is 0.236. The molecule has 168 valence electrons. The molecule has 1 aliphatic heterocycles. The van der Waals surface area contributed by atoms with E-state index >= 15 is 0 Å². The third-order valence-corrected chi connectivity index (χ3v) is 5.72. The predicted molar refractivity (Wildman–Crippen MR) is 130 cm³/mol. The molecule has 6 nitrogen and oxygen atoms in total. The number of hydrogen-bond donors (Lipinski definition) is 1. The van der Waals surface area contributed by atoms with E-state index in [-0.39, 0.29) is 11.3 Å². The van der Waals surface area contributed by atoms with Crippen LogP contribution < -0.4 is 19.7 Å². The van der Waals surface area contributed by atoms with Gasteiger partial charge in [-0.3, -0.25) is 9.59 Å². The van der Waals surface area contributed by atoms with E-state index in [9.17, 15) is 9.59 Å². The van der Waals surface area contributed by atoms with Crippen molar-refractivity contribution in [1.82, 2.24) is 0 Å². The number of nitrogens with zero attached hydrogens (tertiary/aromatic N) is 1. The van der Waals surface area contributed by atoms with Crippen LogP contribution in [0.25, 0.3) is 5.57 Å². The van der Waals surface area contributed by atoms with Crippen molar-refractivity contribution in [2.75, 3.05) is 24.4 Å². The number of imide groups is 1. The molecule has 0 bridgehead atoms. The van der Waals surface area contributed by atoms with E-state index in [2.05, 4.69) is 5.32 Å². The van der Waals surface area contributed by atoms with Crippen LogP contribution in [0.3, 0.4) is 0 Å². The second kappa shape index (κ2) is 9.00. The van der Waals surface area contributed by atoms with Gasteiger partial charge in [0, 0.05) is 5.02 Å². The number of benzene rings is 3. The zero-order valence-electron chi connectivity index (χ0n) is 18.7.